The molecule has 0 aliphatic heterocycles. The average Bonchev–Trinajstić information content (AvgIpc) is 2.82. The zero-order valence-corrected chi connectivity index (χ0v) is 17.3. The van der Waals surface area contributed by atoms with Crippen molar-refractivity contribution in [2.75, 3.05) is 6.16 Å². The third-order valence-electron chi connectivity index (χ3n) is 4.96. The molecule has 0 unspecified atom stereocenters. The Balaban J connectivity index is 1.63. The van der Waals surface area contributed by atoms with Gasteiger partial charge in [0.15, 0.2) is 0 Å². The summed E-state index contributed by atoms with van der Waals surface area (Å²) in [6.07, 6.45) is 2.90. The van der Waals surface area contributed by atoms with Gasteiger partial charge in [-0.05, 0) is 42.4 Å². The van der Waals surface area contributed by atoms with E-state index in [4.69, 9.17) is 0 Å². The molecule has 0 fully saturated rings. The molecule has 3 aromatic carbocycles. The van der Waals surface area contributed by atoms with Crippen molar-refractivity contribution < 1.29 is 0 Å². The van der Waals surface area contributed by atoms with Crippen LogP contribution in [0.3, 0.4) is 0 Å². The molecule has 0 bridgehead atoms. The summed E-state index contributed by atoms with van der Waals surface area (Å²) in [6.45, 7) is 0.757. The molecule has 2 nitrogen and oxygen atoms in total. The predicted octanol–water partition coefficient (Wildman–Crippen LogP) is 5.05. The Morgan fingerprint density at radius 1 is 0.655 bits per heavy atom. The van der Waals surface area contributed by atoms with Crippen LogP contribution in [0.4, 0.5) is 0 Å². The van der Waals surface area contributed by atoms with Crippen LogP contribution < -0.4 is 15.9 Å². The summed E-state index contributed by atoms with van der Waals surface area (Å²) in [5.74, 6) is 0. The number of nitrogens with zero attached hydrogens (tertiary/aromatic N) is 1. The maximum Gasteiger partial charge on any atom is 0.0541 e. The van der Waals surface area contributed by atoms with Crippen LogP contribution in [0.5, 0.6) is 0 Å². The lowest BCUT2D eigenvalue weighted by Crippen LogP contribution is -2.27. The molecule has 1 heterocycles. The topological polar surface area (TPSA) is 24.9 Å². The highest BCUT2D eigenvalue weighted by Gasteiger charge is 2.20. The lowest BCUT2D eigenvalue weighted by atomic mass is 10.1. The summed E-state index contributed by atoms with van der Waals surface area (Å²) >= 11 is 0. The maximum absolute atomic E-state index is 4.48. The van der Waals surface area contributed by atoms with Crippen molar-refractivity contribution >= 4 is 18.5 Å². The fourth-order valence-electron chi connectivity index (χ4n) is 3.46. The van der Waals surface area contributed by atoms with Crippen molar-refractivity contribution in [3.05, 3.63) is 127 Å². The van der Waals surface area contributed by atoms with Crippen LogP contribution in [0.25, 0.3) is 0 Å². The van der Waals surface area contributed by atoms with Gasteiger partial charge in [0, 0.05) is 18.8 Å². The minimum Gasteiger partial charge on any atom is -0.304 e. The Labute approximate surface area is 174 Å². The van der Waals surface area contributed by atoms with Gasteiger partial charge in [0.1, 0.15) is 0 Å². The van der Waals surface area contributed by atoms with Crippen molar-refractivity contribution in [1.29, 1.82) is 0 Å². The van der Waals surface area contributed by atoms with E-state index < -0.39 is 7.92 Å². The van der Waals surface area contributed by atoms with Gasteiger partial charge >= 0.3 is 0 Å². The molecular weight excluding hydrogens is 371 g/mol. The summed E-state index contributed by atoms with van der Waals surface area (Å²) in [4.78, 5) is 4.48. The van der Waals surface area contributed by atoms with Gasteiger partial charge in [-0.15, -0.1) is 0 Å². The third kappa shape index (κ3) is 5.38. The number of nitrogens with one attached hydrogen (secondary N) is 1. The molecule has 0 amide bonds. The summed E-state index contributed by atoms with van der Waals surface area (Å²) < 4.78 is 0. The molecule has 0 aliphatic carbocycles. The molecule has 0 saturated heterocycles. The third-order valence-corrected chi connectivity index (χ3v) is 7.53. The monoisotopic (exact) mass is 396 g/mol. The number of rotatable bonds is 8. The molecule has 1 atom stereocenters. The summed E-state index contributed by atoms with van der Waals surface area (Å²) in [5.41, 5.74) is 2.39. The second-order valence-electron chi connectivity index (χ2n) is 6.95. The minimum absolute atomic E-state index is 0.254. The van der Waals surface area contributed by atoms with E-state index in [0.29, 0.717) is 0 Å². The highest BCUT2D eigenvalue weighted by Crippen LogP contribution is 2.38. The Bertz CT molecular complexity index is 937. The van der Waals surface area contributed by atoms with Crippen LogP contribution in [0.2, 0.25) is 0 Å². The lowest BCUT2D eigenvalue weighted by Gasteiger charge is -2.26. The van der Waals surface area contributed by atoms with Crippen molar-refractivity contribution in [1.82, 2.24) is 10.3 Å². The van der Waals surface area contributed by atoms with Crippen LogP contribution >= 0.6 is 7.92 Å². The molecule has 0 aliphatic rings. The van der Waals surface area contributed by atoms with E-state index in [1.807, 2.05) is 18.3 Å². The van der Waals surface area contributed by atoms with E-state index in [1.165, 1.54) is 16.2 Å². The van der Waals surface area contributed by atoms with Gasteiger partial charge in [0.05, 0.1) is 5.69 Å². The number of pyridine rings is 1. The van der Waals surface area contributed by atoms with Gasteiger partial charge in [-0.1, -0.05) is 97.1 Å². The van der Waals surface area contributed by atoms with Gasteiger partial charge in [-0.2, -0.15) is 0 Å². The van der Waals surface area contributed by atoms with Crippen LogP contribution in [0.15, 0.2) is 115 Å². The van der Waals surface area contributed by atoms with Crippen LogP contribution in [0.1, 0.15) is 17.3 Å². The summed E-state index contributed by atoms with van der Waals surface area (Å²) in [6, 6.07) is 38.9. The second kappa shape index (κ2) is 10.1. The summed E-state index contributed by atoms with van der Waals surface area (Å²) in [5, 5.41) is 6.60. The van der Waals surface area contributed by atoms with Crippen molar-refractivity contribution in [3.63, 3.8) is 0 Å². The van der Waals surface area contributed by atoms with E-state index in [0.717, 1.165) is 18.4 Å². The molecule has 3 heteroatoms. The molecule has 1 aromatic heterocycles. The minimum atomic E-state index is -0.477. The molecule has 0 radical (unpaired) electrons. The number of benzene rings is 3. The Hall–Kier alpha value is -2.80. The first-order chi connectivity index (χ1) is 14.4. The highest BCUT2D eigenvalue weighted by atomic mass is 31.1. The Morgan fingerprint density at radius 2 is 1.21 bits per heavy atom. The largest absolute Gasteiger partial charge is 0.304 e. The molecule has 4 aromatic rings. The van der Waals surface area contributed by atoms with E-state index >= 15 is 0 Å². The lowest BCUT2D eigenvalue weighted by molar-refractivity contribution is 0.573. The number of hydrogen-bond acceptors (Lipinski definition) is 2. The average molecular weight is 396 g/mol. The number of aromatic nitrogens is 1. The first-order valence-electron chi connectivity index (χ1n) is 9.96. The van der Waals surface area contributed by atoms with Gasteiger partial charge in [0.2, 0.25) is 0 Å². The van der Waals surface area contributed by atoms with E-state index in [1.54, 1.807) is 0 Å². The molecule has 144 valence electrons. The Morgan fingerprint density at radius 3 is 1.76 bits per heavy atom. The first kappa shape index (κ1) is 19.5. The standard InChI is InChI=1S/C26H25N2P/c1-4-12-22(13-5-1)26(28-20-23-14-10-11-19-27-23)21-29(24-15-6-2-7-16-24)25-17-8-3-9-18-25/h1-19,26,28H,20-21H2/t26-/m0/s1. The first-order valence-corrected chi connectivity index (χ1v) is 11.5. The van der Waals surface area contributed by atoms with Crippen molar-refractivity contribution in [2.45, 2.75) is 12.6 Å². The molecular formula is C26H25N2P. The fraction of sp³-hybridized carbons (Fsp3) is 0.115. The van der Waals surface area contributed by atoms with Gasteiger partial charge < -0.3 is 5.32 Å². The zero-order chi connectivity index (χ0) is 19.7. The SMILES string of the molecule is c1ccc([C@H](CP(c2ccccc2)c2ccccc2)NCc2ccccn2)cc1. The summed E-state index contributed by atoms with van der Waals surface area (Å²) in [7, 11) is -0.477. The normalized spacial score (nSPS) is 12.0. The number of hydrogen-bond donors (Lipinski definition) is 1. The van der Waals surface area contributed by atoms with E-state index in [-0.39, 0.29) is 6.04 Å². The predicted molar refractivity (Wildman–Crippen MR) is 124 cm³/mol. The van der Waals surface area contributed by atoms with Crippen LogP contribution in [-0.4, -0.2) is 11.1 Å². The van der Waals surface area contributed by atoms with E-state index in [9.17, 15) is 0 Å². The smallest absolute Gasteiger partial charge is 0.0541 e. The maximum atomic E-state index is 4.48. The van der Waals surface area contributed by atoms with Crippen molar-refractivity contribution in [3.8, 4) is 0 Å². The fourth-order valence-corrected chi connectivity index (χ4v) is 5.95. The molecule has 0 spiro atoms. The van der Waals surface area contributed by atoms with E-state index in [2.05, 4.69) is 107 Å². The van der Waals surface area contributed by atoms with Gasteiger partial charge in [0.25, 0.3) is 0 Å². The highest BCUT2D eigenvalue weighted by molar-refractivity contribution is 7.73. The van der Waals surface area contributed by atoms with Gasteiger partial charge in [-0.25, -0.2) is 0 Å². The van der Waals surface area contributed by atoms with Crippen molar-refractivity contribution in [2.24, 2.45) is 0 Å². The molecule has 29 heavy (non-hydrogen) atoms. The van der Waals surface area contributed by atoms with Crippen LogP contribution in [0, 0.1) is 0 Å². The molecule has 0 saturated carbocycles. The second-order valence-corrected chi connectivity index (χ2v) is 9.20. The molecule has 4 rings (SSSR count). The van der Waals surface area contributed by atoms with Crippen LogP contribution in [-0.2, 0) is 6.54 Å². The quantitative estimate of drug-likeness (QED) is 0.422. The Kier molecular flexibility index (Phi) is 6.81. The van der Waals surface area contributed by atoms with Gasteiger partial charge in [-0.3, -0.25) is 4.98 Å². The molecule has 1 N–H and O–H groups in total. The zero-order valence-electron chi connectivity index (χ0n) is 16.4.